The van der Waals surface area contributed by atoms with Crippen LogP contribution in [0, 0.1) is 6.92 Å². The third-order valence-electron chi connectivity index (χ3n) is 1.98. The average Bonchev–Trinajstić information content (AvgIpc) is 2.04. The maximum absolute atomic E-state index is 5.46. The van der Waals surface area contributed by atoms with Gasteiger partial charge in [-0.2, -0.15) is 0 Å². The van der Waals surface area contributed by atoms with Gasteiger partial charge < -0.3 is 4.74 Å². The van der Waals surface area contributed by atoms with Crippen LogP contribution in [0.3, 0.4) is 0 Å². The van der Waals surface area contributed by atoms with E-state index < -0.39 is 0 Å². The zero-order valence-corrected chi connectivity index (χ0v) is 6.47. The maximum Gasteiger partial charge on any atom is 0.122 e. The number of hydrogen-bond donors (Lipinski definition) is 0. The predicted molar refractivity (Wildman–Crippen MR) is 44.7 cm³/mol. The van der Waals surface area contributed by atoms with Crippen molar-refractivity contribution in [3.05, 3.63) is 36.2 Å². The molecular formula is C10H11O. The maximum atomic E-state index is 5.46. The molecule has 1 heteroatoms. The van der Waals surface area contributed by atoms with Gasteiger partial charge in [-0.15, -0.1) is 0 Å². The highest BCUT2D eigenvalue weighted by molar-refractivity contribution is 5.39. The van der Waals surface area contributed by atoms with E-state index in [2.05, 4.69) is 13.0 Å². The summed E-state index contributed by atoms with van der Waals surface area (Å²) in [5.41, 5.74) is 2.36. The molecule has 0 atom stereocenters. The van der Waals surface area contributed by atoms with Crippen LogP contribution in [-0.4, -0.2) is 6.61 Å². The minimum atomic E-state index is 0.858. The van der Waals surface area contributed by atoms with Gasteiger partial charge in [-0.05, 0) is 37.0 Å². The Morgan fingerprint density at radius 1 is 1.36 bits per heavy atom. The second kappa shape index (κ2) is 2.57. The van der Waals surface area contributed by atoms with Crippen molar-refractivity contribution < 1.29 is 4.74 Å². The number of hydrogen-bond acceptors (Lipinski definition) is 1. The SMILES string of the molecule is [CH2]c1ccc2c(c1)OCCC2. The van der Waals surface area contributed by atoms with E-state index in [1.54, 1.807) is 0 Å². The molecule has 0 fully saturated rings. The van der Waals surface area contributed by atoms with Gasteiger partial charge in [0, 0.05) is 0 Å². The Morgan fingerprint density at radius 2 is 2.27 bits per heavy atom. The summed E-state index contributed by atoms with van der Waals surface area (Å²) in [7, 11) is 0. The van der Waals surface area contributed by atoms with E-state index in [9.17, 15) is 0 Å². The lowest BCUT2D eigenvalue weighted by atomic mass is 10.0. The van der Waals surface area contributed by atoms with Crippen LogP contribution < -0.4 is 4.74 Å². The fourth-order valence-electron chi connectivity index (χ4n) is 1.38. The van der Waals surface area contributed by atoms with Crippen molar-refractivity contribution in [2.75, 3.05) is 6.61 Å². The molecule has 0 spiro atoms. The number of aryl methyl sites for hydroxylation is 1. The van der Waals surface area contributed by atoms with Crippen LogP contribution in [0.25, 0.3) is 0 Å². The molecule has 1 radical (unpaired) electrons. The highest BCUT2D eigenvalue weighted by Gasteiger charge is 2.08. The van der Waals surface area contributed by atoms with Crippen molar-refractivity contribution in [3.63, 3.8) is 0 Å². The number of fused-ring (bicyclic) bond motifs is 1. The minimum Gasteiger partial charge on any atom is -0.493 e. The molecule has 0 saturated heterocycles. The first-order valence-electron chi connectivity index (χ1n) is 3.94. The fraction of sp³-hybridized carbons (Fsp3) is 0.300. The van der Waals surface area contributed by atoms with Crippen molar-refractivity contribution in [2.45, 2.75) is 12.8 Å². The Labute approximate surface area is 67.0 Å². The van der Waals surface area contributed by atoms with Gasteiger partial charge in [0.15, 0.2) is 0 Å². The average molecular weight is 147 g/mol. The molecule has 2 rings (SSSR count). The summed E-state index contributed by atoms with van der Waals surface area (Å²) in [6.45, 7) is 4.71. The molecule has 1 nitrogen and oxygen atoms in total. The molecule has 1 aliphatic rings. The van der Waals surface area contributed by atoms with Gasteiger partial charge in [-0.1, -0.05) is 12.1 Å². The first-order chi connectivity index (χ1) is 5.36. The molecule has 0 unspecified atom stereocenters. The summed E-state index contributed by atoms with van der Waals surface area (Å²) < 4.78 is 5.46. The summed E-state index contributed by atoms with van der Waals surface area (Å²) in [6, 6.07) is 6.15. The van der Waals surface area contributed by atoms with Crippen LogP contribution in [0.5, 0.6) is 5.75 Å². The first kappa shape index (κ1) is 6.71. The van der Waals surface area contributed by atoms with Gasteiger partial charge >= 0.3 is 0 Å². The third kappa shape index (κ3) is 1.23. The Kier molecular flexibility index (Phi) is 1.57. The zero-order valence-electron chi connectivity index (χ0n) is 6.47. The van der Waals surface area contributed by atoms with E-state index in [-0.39, 0.29) is 0 Å². The summed E-state index contributed by atoms with van der Waals surface area (Å²) in [5, 5.41) is 0. The molecule has 0 aromatic heterocycles. The second-order valence-corrected chi connectivity index (χ2v) is 2.89. The van der Waals surface area contributed by atoms with Crippen LogP contribution >= 0.6 is 0 Å². The normalized spacial score (nSPS) is 15.4. The summed E-state index contributed by atoms with van der Waals surface area (Å²) >= 11 is 0. The Hall–Kier alpha value is -0.980. The van der Waals surface area contributed by atoms with Gasteiger partial charge in [0.25, 0.3) is 0 Å². The molecule has 57 valence electrons. The lowest BCUT2D eigenvalue weighted by molar-refractivity contribution is 0.288. The molecule has 11 heavy (non-hydrogen) atoms. The number of benzene rings is 1. The van der Waals surface area contributed by atoms with E-state index in [4.69, 9.17) is 4.74 Å². The second-order valence-electron chi connectivity index (χ2n) is 2.89. The smallest absolute Gasteiger partial charge is 0.122 e. The number of rotatable bonds is 0. The van der Waals surface area contributed by atoms with Crippen LogP contribution in [0.2, 0.25) is 0 Å². The molecule has 0 amide bonds. The van der Waals surface area contributed by atoms with Gasteiger partial charge in [-0.25, -0.2) is 0 Å². The van der Waals surface area contributed by atoms with E-state index in [0.29, 0.717) is 0 Å². The van der Waals surface area contributed by atoms with E-state index in [1.165, 1.54) is 5.56 Å². The Bertz CT molecular complexity index is 266. The molecule has 1 heterocycles. The van der Waals surface area contributed by atoms with Crippen LogP contribution in [-0.2, 0) is 6.42 Å². The monoisotopic (exact) mass is 147 g/mol. The quantitative estimate of drug-likeness (QED) is 0.546. The Balaban J connectivity index is 2.43. The molecule has 0 aliphatic carbocycles. The third-order valence-corrected chi connectivity index (χ3v) is 1.98. The van der Waals surface area contributed by atoms with Crippen LogP contribution in [0.4, 0.5) is 0 Å². The van der Waals surface area contributed by atoms with E-state index >= 15 is 0 Å². The molecule has 0 saturated carbocycles. The minimum absolute atomic E-state index is 0.858. The Morgan fingerprint density at radius 3 is 3.18 bits per heavy atom. The van der Waals surface area contributed by atoms with Crippen LogP contribution in [0.15, 0.2) is 18.2 Å². The summed E-state index contributed by atoms with van der Waals surface area (Å²) in [6.07, 6.45) is 2.29. The molecule has 0 N–H and O–H groups in total. The van der Waals surface area contributed by atoms with Crippen LogP contribution in [0.1, 0.15) is 17.5 Å². The number of ether oxygens (including phenoxy) is 1. The van der Waals surface area contributed by atoms with E-state index in [0.717, 1.165) is 30.8 Å². The molecule has 1 aromatic rings. The van der Waals surface area contributed by atoms with Crippen molar-refractivity contribution in [3.8, 4) is 5.75 Å². The van der Waals surface area contributed by atoms with Gasteiger partial charge in [0.2, 0.25) is 0 Å². The largest absolute Gasteiger partial charge is 0.493 e. The zero-order chi connectivity index (χ0) is 7.68. The molecule has 0 bridgehead atoms. The van der Waals surface area contributed by atoms with Gasteiger partial charge in [0.05, 0.1) is 6.61 Å². The van der Waals surface area contributed by atoms with Crippen molar-refractivity contribution in [1.82, 2.24) is 0 Å². The molecule has 1 aliphatic heterocycles. The van der Waals surface area contributed by atoms with Crippen molar-refractivity contribution in [2.24, 2.45) is 0 Å². The first-order valence-corrected chi connectivity index (χ1v) is 3.94. The van der Waals surface area contributed by atoms with Crippen molar-refractivity contribution in [1.29, 1.82) is 0 Å². The van der Waals surface area contributed by atoms with Gasteiger partial charge in [0.1, 0.15) is 5.75 Å². The van der Waals surface area contributed by atoms with Gasteiger partial charge in [-0.3, -0.25) is 0 Å². The predicted octanol–water partition coefficient (Wildman–Crippen LogP) is 2.19. The van der Waals surface area contributed by atoms with Crippen molar-refractivity contribution >= 4 is 0 Å². The molecule has 1 aromatic carbocycles. The molecular weight excluding hydrogens is 136 g/mol. The highest BCUT2D eigenvalue weighted by atomic mass is 16.5. The van der Waals surface area contributed by atoms with E-state index in [1.807, 2.05) is 12.1 Å². The highest BCUT2D eigenvalue weighted by Crippen LogP contribution is 2.25. The standard InChI is InChI=1S/C10H11O/c1-8-4-5-9-3-2-6-11-10(9)7-8/h4-5,7H,1-3,6H2. The lowest BCUT2D eigenvalue weighted by Gasteiger charge is -2.16. The lowest BCUT2D eigenvalue weighted by Crippen LogP contribution is -2.07. The summed E-state index contributed by atoms with van der Waals surface area (Å²) in [4.78, 5) is 0. The fourth-order valence-corrected chi connectivity index (χ4v) is 1.38. The topological polar surface area (TPSA) is 9.23 Å². The summed E-state index contributed by atoms with van der Waals surface area (Å²) in [5.74, 6) is 1.03.